The molecular formula is C17H13ClN2O3S2. The lowest BCUT2D eigenvalue weighted by atomic mass is 10.1. The van der Waals surface area contributed by atoms with Crippen molar-refractivity contribution in [3.63, 3.8) is 0 Å². The van der Waals surface area contributed by atoms with Crippen LogP contribution >= 0.6 is 35.6 Å². The minimum atomic E-state index is -0.894. The summed E-state index contributed by atoms with van der Waals surface area (Å²) in [4.78, 5) is 29.3. The van der Waals surface area contributed by atoms with E-state index >= 15 is 0 Å². The maximum Gasteiger partial charge on any atom is 0.303 e. The normalized spacial score (nSPS) is 16.2. The molecule has 1 N–H and O–H groups in total. The van der Waals surface area contributed by atoms with Crippen LogP contribution in [-0.4, -0.2) is 37.7 Å². The molecule has 0 bridgehead atoms. The van der Waals surface area contributed by atoms with Crippen molar-refractivity contribution in [1.82, 2.24) is 9.88 Å². The molecule has 1 saturated heterocycles. The van der Waals surface area contributed by atoms with Crippen molar-refractivity contribution in [2.75, 3.05) is 6.54 Å². The summed E-state index contributed by atoms with van der Waals surface area (Å²) in [5, 5.41) is 9.95. The van der Waals surface area contributed by atoms with Crippen LogP contribution in [0.3, 0.4) is 0 Å². The summed E-state index contributed by atoms with van der Waals surface area (Å²) in [7, 11) is 0. The number of rotatable bonds is 5. The molecule has 8 heteroatoms. The summed E-state index contributed by atoms with van der Waals surface area (Å²) < 4.78 is 0.423. The second kappa shape index (κ2) is 7.51. The standard InChI is InChI=1S/C17H13ClN2O3S2/c18-15-11(8-10-4-1-2-5-12(10)19-15)9-13-16(23)20(17(24)25-13)7-3-6-14(21)22/h1-2,4-5,8-9H,3,6-7H2,(H,21,22)/b13-9-. The van der Waals surface area contributed by atoms with E-state index in [1.165, 1.54) is 16.7 Å². The summed E-state index contributed by atoms with van der Waals surface area (Å²) in [6, 6.07) is 9.46. The predicted molar refractivity (Wildman–Crippen MR) is 104 cm³/mol. The molecule has 0 spiro atoms. The van der Waals surface area contributed by atoms with Gasteiger partial charge in [0, 0.05) is 23.9 Å². The number of fused-ring (bicyclic) bond motifs is 1. The van der Waals surface area contributed by atoms with Crippen molar-refractivity contribution < 1.29 is 14.7 Å². The Bertz CT molecular complexity index is 914. The lowest BCUT2D eigenvalue weighted by Crippen LogP contribution is -2.29. The number of carbonyl (C=O) groups is 2. The number of halogens is 1. The van der Waals surface area contributed by atoms with E-state index in [1.54, 1.807) is 6.08 Å². The zero-order valence-corrected chi connectivity index (χ0v) is 15.3. The minimum absolute atomic E-state index is 0.00344. The largest absolute Gasteiger partial charge is 0.481 e. The molecule has 0 saturated carbocycles. The van der Waals surface area contributed by atoms with Gasteiger partial charge in [-0.3, -0.25) is 14.5 Å². The fourth-order valence-electron chi connectivity index (χ4n) is 2.43. The molecule has 0 atom stereocenters. The number of aromatic nitrogens is 1. The Kier molecular flexibility index (Phi) is 5.36. The number of carbonyl (C=O) groups excluding carboxylic acids is 1. The van der Waals surface area contributed by atoms with Gasteiger partial charge < -0.3 is 5.11 Å². The minimum Gasteiger partial charge on any atom is -0.481 e. The summed E-state index contributed by atoms with van der Waals surface area (Å²) in [6.45, 7) is 0.290. The Morgan fingerprint density at radius 1 is 1.40 bits per heavy atom. The van der Waals surface area contributed by atoms with Crippen molar-refractivity contribution in [3.8, 4) is 0 Å². The summed E-state index contributed by atoms with van der Waals surface area (Å²) in [5.74, 6) is -1.13. The monoisotopic (exact) mass is 392 g/mol. The van der Waals surface area contributed by atoms with Crippen molar-refractivity contribution in [2.24, 2.45) is 0 Å². The highest BCUT2D eigenvalue weighted by Crippen LogP contribution is 2.34. The Hall–Kier alpha value is -1.96. The lowest BCUT2D eigenvalue weighted by Gasteiger charge is -2.13. The van der Waals surface area contributed by atoms with Crippen LogP contribution in [0.2, 0.25) is 5.15 Å². The molecule has 2 aromatic rings. The van der Waals surface area contributed by atoms with Crippen molar-refractivity contribution in [2.45, 2.75) is 12.8 Å². The maximum absolute atomic E-state index is 12.5. The van der Waals surface area contributed by atoms with Gasteiger partial charge in [0.15, 0.2) is 0 Å². The van der Waals surface area contributed by atoms with Gasteiger partial charge in [0.1, 0.15) is 9.47 Å². The van der Waals surface area contributed by atoms with E-state index < -0.39 is 5.97 Å². The molecule has 0 aliphatic carbocycles. The molecule has 0 unspecified atom stereocenters. The summed E-state index contributed by atoms with van der Waals surface area (Å²) in [5.41, 5.74) is 1.43. The van der Waals surface area contributed by atoms with Crippen LogP contribution in [0, 0.1) is 0 Å². The van der Waals surface area contributed by atoms with E-state index in [9.17, 15) is 9.59 Å². The number of hydrogen-bond donors (Lipinski definition) is 1. The summed E-state index contributed by atoms with van der Waals surface area (Å²) >= 11 is 12.6. The number of thiocarbonyl (C=S) groups is 1. The van der Waals surface area contributed by atoms with Gasteiger partial charge in [0.2, 0.25) is 0 Å². The first-order valence-corrected chi connectivity index (χ1v) is 9.08. The van der Waals surface area contributed by atoms with Gasteiger partial charge >= 0.3 is 5.97 Å². The molecular weight excluding hydrogens is 380 g/mol. The number of para-hydroxylation sites is 1. The van der Waals surface area contributed by atoms with Gasteiger partial charge in [-0.1, -0.05) is 53.8 Å². The molecule has 1 aliphatic heterocycles. The second-order valence-electron chi connectivity index (χ2n) is 5.39. The molecule has 1 aliphatic rings. The highest BCUT2D eigenvalue weighted by atomic mass is 35.5. The molecule has 128 valence electrons. The van der Waals surface area contributed by atoms with Gasteiger partial charge in [0.05, 0.1) is 10.4 Å². The Morgan fingerprint density at radius 3 is 2.92 bits per heavy atom. The molecule has 1 fully saturated rings. The number of amides is 1. The van der Waals surface area contributed by atoms with Gasteiger partial charge in [0.25, 0.3) is 5.91 Å². The van der Waals surface area contributed by atoms with E-state index in [0.29, 0.717) is 26.4 Å². The Labute approximate surface area is 158 Å². The average molecular weight is 393 g/mol. The third kappa shape index (κ3) is 4.00. The molecule has 1 aromatic heterocycles. The first-order valence-electron chi connectivity index (χ1n) is 7.48. The van der Waals surface area contributed by atoms with Crippen LogP contribution in [0.5, 0.6) is 0 Å². The number of carboxylic acids is 1. The summed E-state index contributed by atoms with van der Waals surface area (Å²) in [6.07, 6.45) is 2.03. The van der Waals surface area contributed by atoms with Crippen LogP contribution in [0.15, 0.2) is 35.2 Å². The molecule has 0 radical (unpaired) electrons. The molecule has 2 heterocycles. The van der Waals surface area contributed by atoms with E-state index in [0.717, 1.165) is 10.9 Å². The van der Waals surface area contributed by atoms with E-state index in [1.807, 2.05) is 30.3 Å². The van der Waals surface area contributed by atoms with Crippen LogP contribution in [-0.2, 0) is 9.59 Å². The number of thioether (sulfide) groups is 1. The van der Waals surface area contributed by atoms with Crippen LogP contribution in [0.4, 0.5) is 0 Å². The second-order valence-corrected chi connectivity index (χ2v) is 7.43. The number of benzene rings is 1. The van der Waals surface area contributed by atoms with Crippen molar-refractivity contribution >= 4 is 68.8 Å². The van der Waals surface area contributed by atoms with Gasteiger partial charge in [-0.2, -0.15) is 0 Å². The lowest BCUT2D eigenvalue weighted by molar-refractivity contribution is -0.137. The predicted octanol–water partition coefficient (Wildman–Crippen LogP) is 3.95. The molecule has 25 heavy (non-hydrogen) atoms. The third-order valence-electron chi connectivity index (χ3n) is 3.64. The van der Waals surface area contributed by atoms with Crippen LogP contribution in [0.25, 0.3) is 17.0 Å². The molecule has 1 amide bonds. The van der Waals surface area contributed by atoms with Gasteiger partial charge in [-0.25, -0.2) is 4.98 Å². The highest BCUT2D eigenvalue weighted by Gasteiger charge is 2.31. The number of pyridine rings is 1. The highest BCUT2D eigenvalue weighted by molar-refractivity contribution is 8.26. The zero-order valence-electron chi connectivity index (χ0n) is 12.9. The van der Waals surface area contributed by atoms with Crippen LogP contribution < -0.4 is 0 Å². The Morgan fingerprint density at radius 2 is 2.16 bits per heavy atom. The fourth-order valence-corrected chi connectivity index (χ4v) is 3.93. The quantitative estimate of drug-likeness (QED) is 0.472. The fraction of sp³-hybridized carbons (Fsp3) is 0.176. The number of hydrogen-bond acceptors (Lipinski definition) is 5. The Balaban J connectivity index is 1.84. The molecule has 3 rings (SSSR count). The van der Waals surface area contributed by atoms with Gasteiger partial charge in [-0.05, 0) is 24.6 Å². The van der Waals surface area contributed by atoms with E-state index in [-0.39, 0.29) is 18.9 Å². The molecule has 5 nitrogen and oxygen atoms in total. The van der Waals surface area contributed by atoms with Crippen molar-refractivity contribution in [3.05, 3.63) is 46.0 Å². The number of nitrogens with zero attached hydrogens (tertiary/aromatic N) is 2. The van der Waals surface area contributed by atoms with Crippen molar-refractivity contribution in [1.29, 1.82) is 0 Å². The number of carboxylic acid groups (broad SMARTS) is 1. The smallest absolute Gasteiger partial charge is 0.303 e. The first kappa shape index (κ1) is 17.8. The first-order chi connectivity index (χ1) is 12.0. The van der Waals surface area contributed by atoms with Crippen LogP contribution in [0.1, 0.15) is 18.4 Å². The molecule has 1 aromatic carbocycles. The SMILES string of the molecule is O=C(O)CCCN1C(=O)/C(=C/c2cc3ccccc3nc2Cl)SC1=S. The number of aliphatic carboxylic acids is 1. The topological polar surface area (TPSA) is 70.5 Å². The van der Waals surface area contributed by atoms with E-state index in [4.69, 9.17) is 28.9 Å². The van der Waals surface area contributed by atoms with E-state index in [2.05, 4.69) is 4.98 Å². The average Bonchev–Trinajstić information content (AvgIpc) is 2.82. The zero-order chi connectivity index (χ0) is 18.0. The van der Waals surface area contributed by atoms with Gasteiger partial charge in [-0.15, -0.1) is 0 Å². The third-order valence-corrected chi connectivity index (χ3v) is 5.32. The maximum atomic E-state index is 12.5.